The molecule has 0 saturated carbocycles. The third-order valence-corrected chi connectivity index (χ3v) is 5.12. The Morgan fingerprint density at radius 3 is 2.79 bits per heavy atom. The predicted molar refractivity (Wildman–Crippen MR) is 101 cm³/mol. The van der Waals surface area contributed by atoms with Gasteiger partial charge in [-0.05, 0) is 30.3 Å². The summed E-state index contributed by atoms with van der Waals surface area (Å²) in [5.74, 6) is 0.914. The number of benzene rings is 2. The summed E-state index contributed by atoms with van der Waals surface area (Å²) in [5, 5.41) is 2.90. The topological polar surface area (TPSA) is 55.7 Å². The summed E-state index contributed by atoms with van der Waals surface area (Å²) in [6.45, 7) is 1.30. The number of hydrogen-bond donors (Lipinski definition) is 1. The van der Waals surface area contributed by atoms with Gasteiger partial charge in [0.1, 0.15) is 11.9 Å². The minimum absolute atomic E-state index is 0.172. The molecule has 142 valence electrons. The number of carbonyl (C=O) groups is 1. The molecule has 2 aromatic carbocycles. The summed E-state index contributed by atoms with van der Waals surface area (Å²) in [5.41, 5.74) is 1.96. The molecule has 0 aliphatic carbocycles. The summed E-state index contributed by atoms with van der Waals surface area (Å²) < 4.78 is 27.3. The molecule has 2 aliphatic heterocycles. The van der Waals surface area contributed by atoms with E-state index >= 15 is 0 Å². The number of carbonyl (C=O) groups excluding carboxylic acids is 1. The van der Waals surface area contributed by atoms with E-state index in [1.165, 1.54) is 6.07 Å². The van der Waals surface area contributed by atoms with E-state index in [2.05, 4.69) is 9.88 Å². The van der Waals surface area contributed by atoms with E-state index in [0.717, 1.165) is 5.69 Å². The molecule has 0 radical (unpaired) electrons. The zero-order chi connectivity index (χ0) is 19.1. The fourth-order valence-electron chi connectivity index (χ4n) is 3.80. The van der Waals surface area contributed by atoms with Gasteiger partial charge in [-0.3, -0.25) is 0 Å². The second-order valence-electron chi connectivity index (χ2n) is 6.74. The van der Waals surface area contributed by atoms with Gasteiger partial charge in [-0.1, -0.05) is 18.2 Å². The van der Waals surface area contributed by atoms with Gasteiger partial charge in [0.15, 0.2) is 11.5 Å². The Morgan fingerprint density at radius 1 is 1.04 bits per heavy atom. The lowest BCUT2D eigenvalue weighted by molar-refractivity contribution is 0.174. The molecule has 0 bridgehead atoms. The lowest BCUT2D eigenvalue weighted by Crippen LogP contribution is -2.44. The number of ether oxygens (including phenoxy) is 2. The number of amides is 2. The molecule has 0 unspecified atom stereocenters. The Bertz CT molecular complexity index is 1050. The first-order valence-electron chi connectivity index (χ1n) is 9.07. The number of nitrogens with zero attached hydrogens (tertiary/aromatic N) is 2. The van der Waals surface area contributed by atoms with Crippen molar-refractivity contribution in [3.8, 4) is 11.5 Å². The van der Waals surface area contributed by atoms with Crippen molar-refractivity contribution in [3.05, 3.63) is 77.9 Å². The van der Waals surface area contributed by atoms with Gasteiger partial charge in [0.25, 0.3) is 0 Å². The van der Waals surface area contributed by atoms with Crippen LogP contribution in [0.2, 0.25) is 0 Å². The lowest BCUT2D eigenvalue weighted by Gasteiger charge is -2.37. The lowest BCUT2D eigenvalue weighted by atomic mass is 9.99. The number of urea groups is 1. The molecular formula is C21H18FN3O3. The van der Waals surface area contributed by atoms with Crippen LogP contribution in [0, 0.1) is 5.82 Å². The van der Waals surface area contributed by atoms with E-state index in [9.17, 15) is 9.18 Å². The summed E-state index contributed by atoms with van der Waals surface area (Å²) in [4.78, 5) is 14.8. The number of halogens is 1. The average molecular weight is 379 g/mol. The van der Waals surface area contributed by atoms with E-state index in [1.807, 2.05) is 18.3 Å². The maximum absolute atomic E-state index is 14.6. The maximum Gasteiger partial charge on any atom is 0.322 e. The van der Waals surface area contributed by atoms with E-state index in [0.29, 0.717) is 35.8 Å². The Labute approximate surface area is 161 Å². The smallest absolute Gasteiger partial charge is 0.322 e. The zero-order valence-electron chi connectivity index (χ0n) is 15.0. The first-order valence-corrected chi connectivity index (χ1v) is 9.07. The van der Waals surface area contributed by atoms with Crippen molar-refractivity contribution in [1.29, 1.82) is 0 Å². The summed E-state index contributed by atoms with van der Waals surface area (Å²) in [7, 11) is 0. The SMILES string of the molecule is O=C(Nc1ccc2c(c1)OCO2)N1CCn2cccc2[C@@H]1c1ccccc1F. The molecule has 2 aliphatic rings. The van der Waals surface area contributed by atoms with E-state index in [1.54, 1.807) is 41.3 Å². The molecule has 1 atom stereocenters. The standard InChI is InChI=1S/C21H18FN3O3/c22-16-5-2-1-4-15(16)20-17-6-3-9-24(17)10-11-25(20)21(26)23-14-7-8-18-19(12-14)28-13-27-18/h1-9,12,20H,10-11,13H2,(H,23,26)/t20-/m0/s1. The van der Waals surface area contributed by atoms with Gasteiger partial charge in [-0.15, -0.1) is 0 Å². The van der Waals surface area contributed by atoms with E-state index in [4.69, 9.17) is 9.47 Å². The van der Waals surface area contributed by atoms with Crippen molar-refractivity contribution >= 4 is 11.7 Å². The molecule has 3 aromatic rings. The zero-order valence-corrected chi connectivity index (χ0v) is 15.0. The van der Waals surface area contributed by atoms with E-state index in [-0.39, 0.29) is 18.6 Å². The quantitative estimate of drug-likeness (QED) is 0.732. The van der Waals surface area contributed by atoms with Crippen molar-refractivity contribution in [2.45, 2.75) is 12.6 Å². The molecule has 1 N–H and O–H groups in total. The third-order valence-electron chi connectivity index (χ3n) is 5.12. The molecule has 3 heterocycles. The molecule has 0 saturated heterocycles. The minimum Gasteiger partial charge on any atom is -0.454 e. The van der Waals surface area contributed by atoms with Crippen molar-refractivity contribution in [3.63, 3.8) is 0 Å². The third kappa shape index (κ3) is 2.76. The number of anilines is 1. The first kappa shape index (κ1) is 16.7. The number of fused-ring (bicyclic) bond motifs is 2. The molecule has 1 aromatic heterocycles. The molecule has 6 nitrogen and oxygen atoms in total. The van der Waals surface area contributed by atoms with Gasteiger partial charge < -0.3 is 24.3 Å². The van der Waals surface area contributed by atoms with Crippen LogP contribution in [0.1, 0.15) is 17.3 Å². The van der Waals surface area contributed by atoms with Gasteiger partial charge in [0.2, 0.25) is 6.79 Å². The Hall–Kier alpha value is -3.48. The molecule has 0 spiro atoms. The van der Waals surface area contributed by atoms with Gasteiger partial charge in [-0.2, -0.15) is 0 Å². The fourth-order valence-corrected chi connectivity index (χ4v) is 3.80. The molecule has 2 amide bonds. The average Bonchev–Trinajstić information content (AvgIpc) is 3.36. The first-order chi connectivity index (χ1) is 13.7. The highest BCUT2D eigenvalue weighted by atomic mass is 19.1. The van der Waals surface area contributed by atoms with Crippen LogP contribution >= 0.6 is 0 Å². The molecular weight excluding hydrogens is 361 g/mol. The van der Waals surface area contributed by atoms with Gasteiger partial charge >= 0.3 is 6.03 Å². The van der Waals surface area contributed by atoms with Crippen LogP contribution in [0.25, 0.3) is 0 Å². The van der Waals surface area contributed by atoms with Crippen molar-refractivity contribution in [2.24, 2.45) is 0 Å². The highest BCUT2D eigenvalue weighted by Gasteiger charge is 2.34. The number of hydrogen-bond acceptors (Lipinski definition) is 3. The molecule has 5 rings (SSSR count). The van der Waals surface area contributed by atoms with Crippen LogP contribution in [0.4, 0.5) is 14.9 Å². The van der Waals surface area contributed by atoms with Crippen molar-refractivity contribution < 1.29 is 18.7 Å². The summed E-state index contributed by atoms with van der Waals surface area (Å²) >= 11 is 0. The summed E-state index contributed by atoms with van der Waals surface area (Å²) in [6.07, 6.45) is 1.95. The monoisotopic (exact) mass is 379 g/mol. The summed E-state index contributed by atoms with van der Waals surface area (Å²) in [6, 6.07) is 14.9. The van der Waals surface area contributed by atoms with Gasteiger partial charge in [-0.25, -0.2) is 9.18 Å². The van der Waals surface area contributed by atoms with Crippen molar-refractivity contribution in [2.75, 3.05) is 18.7 Å². The number of nitrogens with one attached hydrogen (secondary N) is 1. The predicted octanol–water partition coefficient (Wildman–Crippen LogP) is 3.99. The Balaban J connectivity index is 1.47. The van der Waals surface area contributed by atoms with Crippen LogP contribution in [0.5, 0.6) is 11.5 Å². The molecule has 7 heteroatoms. The Morgan fingerprint density at radius 2 is 1.89 bits per heavy atom. The van der Waals surface area contributed by atoms with E-state index < -0.39 is 6.04 Å². The van der Waals surface area contributed by atoms with Crippen LogP contribution in [-0.2, 0) is 6.54 Å². The van der Waals surface area contributed by atoms with Crippen LogP contribution in [0.15, 0.2) is 60.8 Å². The molecule has 28 heavy (non-hydrogen) atoms. The van der Waals surface area contributed by atoms with Crippen LogP contribution in [0.3, 0.4) is 0 Å². The number of rotatable bonds is 2. The maximum atomic E-state index is 14.6. The second-order valence-corrected chi connectivity index (χ2v) is 6.74. The molecule has 0 fully saturated rings. The largest absolute Gasteiger partial charge is 0.454 e. The van der Waals surface area contributed by atoms with Gasteiger partial charge in [0.05, 0.1) is 0 Å². The fraction of sp³-hybridized carbons (Fsp3) is 0.190. The highest BCUT2D eigenvalue weighted by molar-refractivity contribution is 5.90. The van der Waals surface area contributed by atoms with Crippen molar-refractivity contribution in [1.82, 2.24) is 9.47 Å². The van der Waals surface area contributed by atoms with Gasteiger partial charge in [0, 0.05) is 42.3 Å². The Kier molecular flexibility index (Phi) is 3.93. The van der Waals surface area contributed by atoms with Crippen LogP contribution in [-0.4, -0.2) is 28.8 Å². The number of aromatic nitrogens is 1. The highest BCUT2D eigenvalue weighted by Crippen LogP contribution is 2.36. The second kappa shape index (κ2) is 6.60. The van der Waals surface area contributed by atoms with Crippen LogP contribution < -0.4 is 14.8 Å². The normalized spacial score (nSPS) is 17.3. The minimum atomic E-state index is -0.501.